The quantitative estimate of drug-likeness (QED) is 0.0515. The number of esters is 1. The van der Waals surface area contributed by atoms with Gasteiger partial charge in [0, 0.05) is 5.56 Å². The lowest BCUT2D eigenvalue weighted by Crippen LogP contribution is -2.12. The smallest absolute Gasteiger partial charge is 0.343 e. The van der Waals surface area contributed by atoms with Crippen LogP contribution in [0, 0.1) is 41.0 Å². The van der Waals surface area contributed by atoms with Crippen molar-refractivity contribution in [3.63, 3.8) is 0 Å². The second-order valence-electron chi connectivity index (χ2n) is 9.74. The molecule has 3 aromatic carbocycles. The zero-order valence-electron chi connectivity index (χ0n) is 23.5. The molecule has 4 nitrogen and oxygen atoms in total. The summed E-state index contributed by atoms with van der Waals surface area (Å²) in [6, 6.07) is 12.4. The first-order valence-corrected chi connectivity index (χ1v) is 13.8. The van der Waals surface area contributed by atoms with Gasteiger partial charge in [-0.1, -0.05) is 64.7 Å². The first-order chi connectivity index (χ1) is 19.7. The molecule has 3 aromatic rings. The minimum atomic E-state index is -1.64. The SMILES string of the molecule is CCCCCCCOc1ccc(OC(=O)c2ccc(C#Cc3c(F)c(F)c(OC[C@@H](C)CC)c(F)c3F)cc2)cc1. The van der Waals surface area contributed by atoms with Gasteiger partial charge >= 0.3 is 5.97 Å². The van der Waals surface area contributed by atoms with Crippen molar-refractivity contribution in [1.29, 1.82) is 0 Å². The molecular formula is C33H34F4O4. The maximum absolute atomic E-state index is 14.5. The summed E-state index contributed by atoms with van der Waals surface area (Å²) in [5.74, 6) is -2.73. The average Bonchev–Trinajstić information content (AvgIpc) is 2.98. The molecule has 0 amide bonds. The van der Waals surface area contributed by atoms with Crippen LogP contribution in [0.3, 0.4) is 0 Å². The Bertz CT molecular complexity index is 1330. The number of carbonyl (C=O) groups is 1. The van der Waals surface area contributed by atoms with Crippen LogP contribution >= 0.6 is 0 Å². The van der Waals surface area contributed by atoms with Crippen LogP contribution in [-0.2, 0) is 0 Å². The van der Waals surface area contributed by atoms with E-state index in [-0.39, 0.29) is 23.7 Å². The zero-order valence-corrected chi connectivity index (χ0v) is 23.5. The molecule has 0 bridgehead atoms. The molecule has 0 spiro atoms. The second-order valence-corrected chi connectivity index (χ2v) is 9.74. The van der Waals surface area contributed by atoms with Gasteiger partial charge in [-0.2, -0.15) is 8.78 Å². The molecule has 0 fully saturated rings. The predicted octanol–water partition coefficient (Wildman–Crippen LogP) is 8.64. The Balaban J connectivity index is 1.61. The number of carbonyl (C=O) groups excluding carboxylic acids is 1. The van der Waals surface area contributed by atoms with E-state index in [0.29, 0.717) is 24.5 Å². The topological polar surface area (TPSA) is 44.8 Å². The van der Waals surface area contributed by atoms with Crippen LogP contribution in [0.4, 0.5) is 17.6 Å². The van der Waals surface area contributed by atoms with E-state index >= 15 is 0 Å². The zero-order chi connectivity index (χ0) is 29.8. The van der Waals surface area contributed by atoms with E-state index in [1.807, 2.05) is 6.92 Å². The van der Waals surface area contributed by atoms with Gasteiger partial charge < -0.3 is 14.2 Å². The highest BCUT2D eigenvalue weighted by atomic mass is 19.2. The summed E-state index contributed by atoms with van der Waals surface area (Å²) in [6.07, 6.45) is 6.38. The fraction of sp³-hybridized carbons (Fsp3) is 0.364. The van der Waals surface area contributed by atoms with Gasteiger partial charge in [0.15, 0.2) is 17.4 Å². The molecule has 218 valence electrons. The number of hydrogen-bond donors (Lipinski definition) is 0. The number of halogens is 4. The summed E-state index contributed by atoms with van der Waals surface area (Å²) in [4.78, 5) is 12.5. The molecule has 41 heavy (non-hydrogen) atoms. The Morgan fingerprint density at radius 1 is 0.756 bits per heavy atom. The summed E-state index contributed by atoms with van der Waals surface area (Å²) >= 11 is 0. The van der Waals surface area contributed by atoms with Gasteiger partial charge in [-0.25, -0.2) is 13.6 Å². The Morgan fingerprint density at radius 3 is 1.98 bits per heavy atom. The van der Waals surface area contributed by atoms with Crippen molar-refractivity contribution in [2.75, 3.05) is 13.2 Å². The van der Waals surface area contributed by atoms with E-state index in [0.717, 1.165) is 12.8 Å². The summed E-state index contributed by atoms with van der Waals surface area (Å²) < 4.78 is 73.9. The highest BCUT2D eigenvalue weighted by molar-refractivity contribution is 5.91. The molecule has 0 aliphatic carbocycles. The molecule has 0 saturated heterocycles. The average molecular weight is 571 g/mol. The molecule has 0 aromatic heterocycles. The van der Waals surface area contributed by atoms with Crippen molar-refractivity contribution in [3.8, 4) is 29.1 Å². The van der Waals surface area contributed by atoms with Gasteiger partial charge in [-0.15, -0.1) is 0 Å². The van der Waals surface area contributed by atoms with Gasteiger partial charge in [-0.3, -0.25) is 0 Å². The van der Waals surface area contributed by atoms with E-state index in [9.17, 15) is 22.4 Å². The molecule has 1 atom stereocenters. The lowest BCUT2D eigenvalue weighted by Gasteiger charge is -2.13. The highest BCUT2D eigenvalue weighted by Gasteiger charge is 2.26. The molecule has 0 aliphatic rings. The Kier molecular flexibility index (Phi) is 12.1. The number of unbranched alkanes of at least 4 members (excludes halogenated alkanes) is 4. The van der Waals surface area contributed by atoms with Crippen molar-refractivity contribution >= 4 is 5.97 Å². The van der Waals surface area contributed by atoms with E-state index in [4.69, 9.17) is 14.2 Å². The van der Waals surface area contributed by atoms with E-state index < -0.39 is 40.6 Å². The fourth-order valence-electron chi connectivity index (χ4n) is 3.68. The van der Waals surface area contributed by atoms with Crippen molar-refractivity contribution in [2.24, 2.45) is 5.92 Å². The van der Waals surface area contributed by atoms with Gasteiger partial charge in [0.25, 0.3) is 0 Å². The Hall–Kier alpha value is -3.99. The lowest BCUT2D eigenvalue weighted by molar-refractivity contribution is 0.0734. The molecule has 0 heterocycles. The van der Waals surface area contributed by atoms with Gasteiger partial charge in [-0.05, 0) is 60.9 Å². The molecule has 0 radical (unpaired) electrons. The van der Waals surface area contributed by atoms with Crippen molar-refractivity contribution in [2.45, 2.75) is 59.3 Å². The van der Waals surface area contributed by atoms with Crippen LogP contribution in [0.1, 0.15) is 80.8 Å². The van der Waals surface area contributed by atoms with E-state index in [2.05, 4.69) is 18.8 Å². The summed E-state index contributed by atoms with van der Waals surface area (Å²) in [6.45, 7) is 6.32. The first-order valence-electron chi connectivity index (χ1n) is 13.8. The molecule has 3 rings (SSSR count). The van der Waals surface area contributed by atoms with E-state index in [1.54, 1.807) is 31.2 Å². The Labute approximate surface area is 238 Å². The summed E-state index contributed by atoms with van der Waals surface area (Å²) in [5, 5.41) is 0. The third-order valence-corrected chi connectivity index (χ3v) is 6.44. The molecule has 0 unspecified atom stereocenters. The van der Waals surface area contributed by atoms with Crippen LogP contribution < -0.4 is 14.2 Å². The van der Waals surface area contributed by atoms with Gasteiger partial charge in [0.1, 0.15) is 17.1 Å². The largest absolute Gasteiger partial charge is 0.494 e. The number of benzene rings is 3. The predicted molar refractivity (Wildman–Crippen MR) is 149 cm³/mol. The van der Waals surface area contributed by atoms with Crippen LogP contribution in [0.15, 0.2) is 48.5 Å². The number of hydrogen-bond acceptors (Lipinski definition) is 4. The monoisotopic (exact) mass is 570 g/mol. The number of ether oxygens (including phenoxy) is 3. The lowest BCUT2D eigenvalue weighted by atomic mass is 10.1. The molecule has 0 saturated carbocycles. The second kappa shape index (κ2) is 15.7. The molecule has 0 N–H and O–H groups in total. The third-order valence-electron chi connectivity index (χ3n) is 6.44. The maximum atomic E-state index is 14.5. The van der Waals surface area contributed by atoms with Crippen LogP contribution in [-0.4, -0.2) is 19.2 Å². The summed E-state index contributed by atoms with van der Waals surface area (Å²) in [7, 11) is 0. The minimum absolute atomic E-state index is 0.0606. The number of rotatable bonds is 13. The summed E-state index contributed by atoms with van der Waals surface area (Å²) in [5.41, 5.74) is -0.585. The minimum Gasteiger partial charge on any atom is -0.494 e. The fourth-order valence-corrected chi connectivity index (χ4v) is 3.68. The van der Waals surface area contributed by atoms with Crippen LogP contribution in [0.25, 0.3) is 0 Å². The first kappa shape index (κ1) is 31.5. The highest BCUT2D eigenvalue weighted by Crippen LogP contribution is 2.30. The molecule has 8 heteroatoms. The van der Waals surface area contributed by atoms with Gasteiger partial charge in [0.05, 0.1) is 18.8 Å². The van der Waals surface area contributed by atoms with E-state index in [1.165, 1.54) is 43.5 Å². The van der Waals surface area contributed by atoms with Crippen LogP contribution in [0.2, 0.25) is 0 Å². The Morgan fingerprint density at radius 2 is 1.37 bits per heavy atom. The van der Waals surface area contributed by atoms with Crippen LogP contribution in [0.5, 0.6) is 17.2 Å². The molecular weight excluding hydrogens is 536 g/mol. The normalized spacial score (nSPS) is 11.4. The van der Waals surface area contributed by atoms with Crippen molar-refractivity contribution in [3.05, 3.63) is 88.5 Å². The van der Waals surface area contributed by atoms with Crippen molar-refractivity contribution in [1.82, 2.24) is 0 Å². The maximum Gasteiger partial charge on any atom is 0.343 e. The van der Waals surface area contributed by atoms with Crippen molar-refractivity contribution < 1.29 is 36.6 Å². The third kappa shape index (κ3) is 9.01. The van der Waals surface area contributed by atoms with Gasteiger partial charge in [0.2, 0.25) is 11.6 Å². The standard InChI is InChI=1S/C33H34F4O4/c1-4-6-7-8-9-20-39-25-15-17-26(18-16-25)41-33(38)24-13-10-23(11-14-24)12-19-27-28(34)30(36)32(31(37)29(27)35)40-21-22(3)5-2/h10-11,13-18,22H,4-9,20-21H2,1-3H3/t22-/m0/s1. The molecule has 0 aliphatic heterocycles.